The summed E-state index contributed by atoms with van der Waals surface area (Å²) in [5.41, 5.74) is 5.10. The number of rotatable bonds is 5. The molecule has 0 bridgehead atoms. The summed E-state index contributed by atoms with van der Waals surface area (Å²) in [4.78, 5) is 2.41. The lowest BCUT2D eigenvalue weighted by Crippen LogP contribution is -2.35. The molecule has 3 aromatic rings. The van der Waals surface area contributed by atoms with Crippen LogP contribution in [0.25, 0.3) is 5.52 Å². The molecule has 0 saturated carbocycles. The molecule has 1 saturated heterocycles. The molecule has 0 atom stereocenters. The Labute approximate surface area is 153 Å². The number of para-hydroxylation sites is 1. The molecule has 4 rings (SSSR count). The van der Waals surface area contributed by atoms with Crippen LogP contribution in [0.15, 0.2) is 54.9 Å². The Morgan fingerprint density at radius 1 is 1.04 bits per heavy atom. The standard InChI is InChI=1S/C21H22N4O/c22-13-19-18(16-25-8-4-3-7-21(19)25)14-23-20-6-2-1-5-17(20)15-24-9-11-26-12-10-24/h1-8,16,23H,9-12,14-15H2. The lowest BCUT2D eigenvalue weighted by molar-refractivity contribution is 0.0342. The molecule has 0 spiro atoms. The van der Waals surface area contributed by atoms with Gasteiger partial charge in [-0.2, -0.15) is 5.26 Å². The van der Waals surface area contributed by atoms with Crippen molar-refractivity contribution in [3.8, 4) is 6.07 Å². The van der Waals surface area contributed by atoms with Crippen LogP contribution in [0.3, 0.4) is 0 Å². The van der Waals surface area contributed by atoms with E-state index in [-0.39, 0.29) is 0 Å². The van der Waals surface area contributed by atoms with Crippen LogP contribution in [0.4, 0.5) is 5.69 Å². The van der Waals surface area contributed by atoms with Gasteiger partial charge in [0.15, 0.2) is 0 Å². The second kappa shape index (κ2) is 7.61. The Hall–Kier alpha value is -2.81. The van der Waals surface area contributed by atoms with Crippen molar-refractivity contribution in [2.24, 2.45) is 0 Å². The van der Waals surface area contributed by atoms with Crippen LogP contribution in [0, 0.1) is 11.3 Å². The highest BCUT2D eigenvalue weighted by molar-refractivity contribution is 5.65. The lowest BCUT2D eigenvalue weighted by Gasteiger charge is -2.27. The van der Waals surface area contributed by atoms with E-state index in [1.807, 2.05) is 41.1 Å². The number of nitrogens with zero attached hydrogens (tertiary/aromatic N) is 3. The number of ether oxygens (including phenoxy) is 1. The lowest BCUT2D eigenvalue weighted by atomic mass is 10.1. The number of benzene rings is 1. The fraction of sp³-hybridized carbons (Fsp3) is 0.286. The van der Waals surface area contributed by atoms with E-state index in [1.165, 1.54) is 5.56 Å². The van der Waals surface area contributed by atoms with Gasteiger partial charge in [0.1, 0.15) is 6.07 Å². The smallest absolute Gasteiger partial charge is 0.102 e. The van der Waals surface area contributed by atoms with Gasteiger partial charge in [-0.15, -0.1) is 0 Å². The number of hydrogen-bond acceptors (Lipinski definition) is 4. The summed E-state index contributed by atoms with van der Waals surface area (Å²) in [5.74, 6) is 0. The molecule has 0 radical (unpaired) electrons. The van der Waals surface area contributed by atoms with E-state index in [2.05, 4.69) is 34.5 Å². The number of fused-ring (bicyclic) bond motifs is 1. The van der Waals surface area contributed by atoms with Crippen molar-refractivity contribution in [3.05, 3.63) is 71.5 Å². The first kappa shape index (κ1) is 16.6. The molecule has 1 aromatic carbocycles. The number of pyridine rings is 1. The maximum absolute atomic E-state index is 9.56. The molecule has 132 valence electrons. The number of nitrogens with one attached hydrogen (secondary N) is 1. The predicted octanol–water partition coefficient (Wildman–Crippen LogP) is 3.26. The van der Waals surface area contributed by atoms with Crippen LogP contribution in [0.2, 0.25) is 0 Å². The van der Waals surface area contributed by atoms with Crippen molar-refractivity contribution < 1.29 is 4.74 Å². The molecular formula is C21H22N4O. The molecule has 1 N–H and O–H groups in total. The topological polar surface area (TPSA) is 52.7 Å². The van der Waals surface area contributed by atoms with Gasteiger partial charge in [-0.3, -0.25) is 4.90 Å². The zero-order valence-corrected chi connectivity index (χ0v) is 14.7. The zero-order valence-electron chi connectivity index (χ0n) is 14.7. The normalized spacial score (nSPS) is 15.0. The van der Waals surface area contributed by atoms with Gasteiger partial charge in [-0.05, 0) is 23.8 Å². The molecule has 0 aliphatic carbocycles. The van der Waals surface area contributed by atoms with Crippen LogP contribution < -0.4 is 5.32 Å². The fourth-order valence-corrected chi connectivity index (χ4v) is 3.46. The van der Waals surface area contributed by atoms with E-state index < -0.39 is 0 Å². The molecule has 0 unspecified atom stereocenters. The molecule has 5 nitrogen and oxygen atoms in total. The SMILES string of the molecule is N#Cc1c(CNc2ccccc2CN2CCOCC2)cn2ccccc12. The monoisotopic (exact) mass is 346 g/mol. The molecule has 0 amide bonds. The van der Waals surface area contributed by atoms with Crippen LogP contribution in [0.5, 0.6) is 0 Å². The van der Waals surface area contributed by atoms with Gasteiger partial charge in [-0.25, -0.2) is 0 Å². The van der Waals surface area contributed by atoms with Crippen molar-refractivity contribution in [1.82, 2.24) is 9.30 Å². The summed E-state index contributed by atoms with van der Waals surface area (Å²) in [5, 5.41) is 13.1. The largest absolute Gasteiger partial charge is 0.381 e. The number of aromatic nitrogens is 1. The fourth-order valence-electron chi connectivity index (χ4n) is 3.46. The summed E-state index contributed by atoms with van der Waals surface area (Å²) < 4.78 is 7.45. The Morgan fingerprint density at radius 2 is 1.85 bits per heavy atom. The average molecular weight is 346 g/mol. The Kier molecular flexibility index (Phi) is 4.87. The molecule has 1 aliphatic rings. The minimum absolute atomic E-state index is 0.630. The third-order valence-corrected chi connectivity index (χ3v) is 4.86. The number of nitriles is 1. The van der Waals surface area contributed by atoms with Crippen LogP contribution in [0.1, 0.15) is 16.7 Å². The highest BCUT2D eigenvalue weighted by Gasteiger charge is 2.14. The van der Waals surface area contributed by atoms with Gasteiger partial charge in [0, 0.05) is 49.8 Å². The van der Waals surface area contributed by atoms with E-state index in [4.69, 9.17) is 4.74 Å². The average Bonchev–Trinajstić information content (AvgIpc) is 3.05. The predicted molar refractivity (Wildman–Crippen MR) is 102 cm³/mol. The van der Waals surface area contributed by atoms with Gasteiger partial charge in [0.25, 0.3) is 0 Å². The Bertz CT molecular complexity index is 935. The summed E-state index contributed by atoms with van der Waals surface area (Å²) in [6.07, 6.45) is 4.01. The molecule has 5 heteroatoms. The van der Waals surface area contributed by atoms with Crippen molar-refractivity contribution >= 4 is 11.2 Å². The molecular weight excluding hydrogens is 324 g/mol. The summed E-state index contributed by atoms with van der Waals surface area (Å²) in [6, 6.07) is 16.7. The van der Waals surface area contributed by atoms with E-state index in [1.54, 1.807) is 0 Å². The van der Waals surface area contributed by atoms with E-state index in [0.29, 0.717) is 6.54 Å². The first-order valence-electron chi connectivity index (χ1n) is 8.96. The van der Waals surface area contributed by atoms with Crippen molar-refractivity contribution in [1.29, 1.82) is 5.26 Å². The maximum atomic E-state index is 9.56. The summed E-state index contributed by atoms with van der Waals surface area (Å²) in [6.45, 7) is 5.09. The van der Waals surface area contributed by atoms with Crippen LogP contribution in [-0.4, -0.2) is 35.6 Å². The van der Waals surface area contributed by atoms with E-state index in [0.717, 1.165) is 55.2 Å². The number of hydrogen-bond donors (Lipinski definition) is 1. The van der Waals surface area contributed by atoms with Gasteiger partial charge < -0.3 is 14.5 Å². The van der Waals surface area contributed by atoms with Gasteiger partial charge in [-0.1, -0.05) is 24.3 Å². The maximum Gasteiger partial charge on any atom is 0.102 e. The zero-order chi connectivity index (χ0) is 17.8. The second-order valence-electron chi connectivity index (χ2n) is 6.53. The number of morpholine rings is 1. The van der Waals surface area contributed by atoms with Crippen LogP contribution in [-0.2, 0) is 17.8 Å². The molecule has 1 aliphatic heterocycles. The van der Waals surface area contributed by atoms with Crippen LogP contribution >= 0.6 is 0 Å². The van der Waals surface area contributed by atoms with Gasteiger partial charge in [0.05, 0.1) is 24.3 Å². The third kappa shape index (κ3) is 3.43. The molecule has 2 aromatic heterocycles. The first-order chi connectivity index (χ1) is 12.8. The second-order valence-corrected chi connectivity index (χ2v) is 6.53. The Balaban J connectivity index is 1.52. The van der Waals surface area contributed by atoms with E-state index in [9.17, 15) is 5.26 Å². The number of anilines is 1. The van der Waals surface area contributed by atoms with Gasteiger partial charge in [0.2, 0.25) is 0 Å². The highest BCUT2D eigenvalue weighted by Crippen LogP contribution is 2.22. The first-order valence-corrected chi connectivity index (χ1v) is 8.96. The quantitative estimate of drug-likeness (QED) is 0.770. The van der Waals surface area contributed by atoms with E-state index >= 15 is 0 Å². The van der Waals surface area contributed by atoms with Gasteiger partial charge >= 0.3 is 0 Å². The molecule has 3 heterocycles. The third-order valence-electron chi connectivity index (χ3n) is 4.86. The minimum Gasteiger partial charge on any atom is -0.381 e. The molecule has 26 heavy (non-hydrogen) atoms. The summed E-state index contributed by atoms with van der Waals surface area (Å²) >= 11 is 0. The Morgan fingerprint density at radius 3 is 2.69 bits per heavy atom. The van der Waals surface area contributed by atoms with Crippen molar-refractivity contribution in [2.75, 3.05) is 31.6 Å². The summed E-state index contributed by atoms with van der Waals surface area (Å²) in [7, 11) is 0. The highest BCUT2D eigenvalue weighted by atomic mass is 16.5. The minimum atomic E-state index is 0.630. The molecule has 1 fully saturated rings. The van der Waals surface area contributed by atoms with Crippen molar-refractivity contribution in [2.45, 2.75) is 13.1 Å². The van der Waals surface area contributed by atoms with Crippen molar-refractivity contribution in [3.63, 3.8) is 0 Å².